The predicted molar refractivity (Wildman–Crippen MR) is 152 cm³/mol. The minimum absolute atomic E-state index is 0.0588. The van der Waals surface area contributed by atoms with Gasteiger partial charge in [0.05, 0.1) is 28.6 Å². The fourth-order valence-corrected chi connectivity index (χ4v) is 7.56. The number of fused-ring (bicyclic) bond motifs is 2. The van der Waals surface area contributed by atoms with Crippen molar-refractivity contribution < 1.29 is 43.9 Å². The van der Waals surface area contributed by atoms with Crippen LogP contribution in [0.5, 0.6) is 0 Å². The van der Waals surface area contributed by atoms with Crippen LogP contribution >= 0.6 is 0 Å². The van der Waals surface area contributed by atoms with E-state index in [-0.39, 0.29) is 25.7 Å². The van der Waals surface area contributed by atoms with Gasteiger partial charge in [0.1, 0.15) is 18.1 Å². The maximum Gasteiger partial charge on any atom is 0.416 e. The Bertz CT molecular complexity index is 1980. The number of carbonyl (C=O) groups is 1. The molecule has 4 aromatic rings. The molecule has 1 fully saturated rings. The lowest BCUT2D eigenvalue weighted by atomic mass is 9.60. The number of hydrogen-bond donors (Lipinski definition) is 0. The molecule has 3 heterocycles. The highest BCUT2D eigenvalue weighted by Crippen LogP contribution is 2.51. The van der Waals surface area contributed by atoms with Crippen molar-refractivity contribution in [2.24, 2.45) is 5.41 Å². The van der Waals surface area contributed by atoms with Crippen molar-refractivity contribution in [1.82, 2.24) is 28.9 Å². The highest BCUT2D eigenvalue weighted by atomic mass is 32.2. The van der Waals surface area contributed by atoms with Crippen LogP contribution in [-0.2, 0) is 29.2 Å². The number of aromatic nitrogens is 5. The molecule has 1 saturated carbocycles. The molecule has 47 heavy (non-hydrogen) atoms. The molecule has 0 spiro atoms. The largest absolute Gasteiger partial charge is 0.416 e. The van der Waals surface area contributed by atoms with Crippen molar-refractivity contribution in [1.29, 1.82) is 0 Å². The van der Waals surface area contributed by atoms with E-state index in [2.05, 4.69) is 15.2 Å². The van der Waals surface area contributed by atoms with Crippen molar-refractivity contribution in [3.8, 4) is 5.69 Å². The molecular formula is C30H25F7N6O3S. The molecule has 0 amide bonds. The average molecular weight is 683 g/mol. The Balaban J connectivity index is 1.40. The monoisotopic (exact) mass is 682 g/mol. The third-order valence-electron chi connectivity index (χ3n) is 8.58. The van der Waals surface area contributed by atoms with Crippen LogP contribution < -0.4 is 0 Å². The molecule has 0 aliphatic heterocycles. The molecular weight excluding hydrogens is 657 g/mol. The van der Waals surface area contributed by atoms with Gasteiger partial charge in [-0.1, -0.05) is 5.57 Å². The van der Waals surface area contributed by atoms with Gasteiger partial charge in [-0.05, 0) is 79.8 Å². The van der Waals surface area contributed by atoms with Gasteiger partial charge in [0.25, 0.3) is 10.0 Å². The normalized spacial score (nSPS) is 20.1. The fraction of sp³-hybridized carbons (Fsp3) is 0.333. The van der Waals surface area contributed by atoms with Gasteiger partial charge in [0.2, 0.25) is 0 Å². The first-order valence-corrected chi connectivity index (χ1v) is 15.6. The first-order chi connectivity index (χ1) is 22.0. The zero-order valence-electron chi connectivity index (χ0n) is 24.4. The lowest BCUT2D eigenvalue weighted by molar-refractivity contribution is -0.142. The van der Waals surface area contributed by atoms with Crippen LogP contribution in [-0.4, -0.2) is 62.3 Å². The van der Waals surface area contributed by atoms with Crippen LogP contribution in [0.25, 0.3) is 11.8 Å². The van der Waals surface area contributed by atoms with Gasteiger partial charge in [-0.25, -0.2) is 17.5 Å². The molecule has 1 aromatic carbocycles. The van der Waals surface area contributed by atoms with E-state index in [1.165, 1.54) is 37.5 Å². The molecule has 0 radical (unpaired) electrons. The topological polar surface area (TPSA) is 103 Å². The SMILES string of the molecule is CN([C@H]1CCC2=Cc3c(cnn3-c3ccc(F)cc3)C[C@]2(C(=O)c2cc(C(F)(F)F)ccn2)C1)S(=O)(=O)c1ccn(CC(F)(F)F)n1. The van der Waals surface area contributed by atoms with E-state index in [4.69, 9.17) is 0 Å². The summed E-state index contributed by atoms with van der Waals surface area (Å²) in [5, 5.41) is 7.38. The first kappa shape index (κ1) is 32.6. The maximum absolute atomic E-state index is 14.4. The third-order valence-corrected chi connectivity index (χ3v) is 10.4. The fourth-order valence-electron chi connectivity index (χ4n) is 6.25. The zero-order valence-corrected chi connectivity index (χ0v) is 25.2. The zero-order chi connectivity index (χ0) is 33.9. The first-order valence-electron chi connectivity index (χ1n) is 14.2. The van der Waals surface area contributed by atoms with E-state index in [9.17, 15) is 43.9 Å². The summed E-state index contributed by atoms with van der Waals surface area (Å²) in [6.45, 7) is -1.50. The second-order valence-corrected chi connectivity index (χ2v) is 13.5. The lowest BCUT2D eigenvalue weighted by Gasteiger charge is -2.45. The number of ketones is 1. The highest BCUT2D eigenvalue weighted by Gasteiger charge is 2.51. The van der Waals surface area contributed by atoms with Crippen LogP contribution in [0.1, 0.15) is 46.6 Å². The Kier molecular flexibility index (Phi) is 7.90. The highest BCUT2D eigenvalue weighted by molar-refractivity contribution is 7.89. The number of carbonyl (C=O) groups excluding carboxylic acids is 1. The van der Waals surface area contributed by atoms with Crippen LogP contribution in [0.3, 0.4) is 0 Å². The summed E-state index contributed by atoms with van der Waals surface area (Å²) in [5.74, 6) is -1.21. The number of halogens is 7. The van der Waals surface area contributed by atoms with Gasteiger partial charge < -0.3 is 0 Å². The Morgan fingerprint density at radius 1 is 1.09 bits per heavy atom. The van der Waals surface area contributed by atoms with Crippen molar-refractivity contribution in [3.63, 3.8) is 0 Å². The quantitative estimate of drug-likeness (QED) is 0.179. The summed E-state index contributed by atoms with van der Waals surface area (Å²) in [4.78, 5) is 18.3. The second kappa shape index (κ2) is 11.4. The van der Waals surface area contributed by atoms with Crippen molar-refractivity contribution in [2.45, 2.75) is 55.6 Å². The van der Waals surface area contributed by atoms with Crippen LogP contribution in [0.4, 0.5) is 30.7 Å². The van der Waals surface area contributed by atoms with E-state index in [0.717, 1.165) is 28.8 Å². The summed E-state index contributed by atoms with van der Waals surface area (Å²) in [6, 6.07) is 6.95. The molecule has 0 bridgehead atoms. The average Bonchev–Trinajstić information content (AvgIpc) is 3.65. The van der Waals surface area contributed by atoms with Crippen LogP contribution in [0, 0.1) is 11.2 Å². The number of hydrogen-bond acceptors (Lipinski definition) is 6. The molecule has 2 aliphatic carbocycles. The number of pyridine rings is 1. The molecule has 3 aromatic heterocycles. The third kappa shape index (κ3) is 6.08. The number of allylic oxidation sites excluding steroid dienone is 1. The number of rotatable bonds is 7. The van der Waals surface area contributed by atoms with Crippen molar-refractivity contribution in [3.05, 3.63) is 95.0 Å². The van der Waals surface area contributed by atoms with Gasteiger partial charge >= 0.3 is 12.4 Å². The van der Waals surface area contributed by atoms with Gasteiger partial charge in [-0.2, -0.15) is 40.8 Å². The van der Waals surface area contributed by atoms with Gasteiger partial charge in [-0.3, -0.25) is 14.5 Å². The van der Waals surface area contributed by atoms with E-state index < -0.39 is 68.3 Å². The Morgan fingerprint density at radius 3 is 2.49 bits per heavy atom. The lowest BCUT2D eigenvalue weighted by Crippen LogP contribution is -2.49. The number of benzene rings is 1. The molecule has 6 rings (SSSR count). The van der Waals surface area contributed by atoms with E-state index in [1.807, 2.05) is 0 Å². The second-order valence-electron chi connectivity index (χ2n) is 11.5. The van der Waals surface area contributed by atoms with E-state index in [1.54, 1.807) is 10.8 Å². The Hall–Kier alpha value is -4.38. The summed E-state index contributed by atoms with van der Waals surface area (Å²) >= 11 is 0. The minimum atomic E-state index is -4.76. The molecule has 0 N–H and O–H groups in total. The number of sulfonamides is 1. The standard InChI is InChI=1S/C30H25F7N6O3S/c1-41(47(45,46)26-9-11-42(40-26)17-29(32,33)34)23-5-2-19-13-25-18(16-39-43(25)22-6-3-21(31)4-7-22)14-28(19,15-23)27(44)24-12-20(8-10-38-24)30(35,36)37/h3-4,6-13,16,23H,2,5,14-15,17H2,1H3/t23-,28-/m0/s1. The van der Waals surface area contributed by atoms with E-state index in [0.29, 0.717) is 33.3 Å². The smallest absolute Gasteiger partial charge is 0.291 e. The van der Waals surface area contributed by atoms with Crippen LogP contribution in [0.2, 0.25) is 0 Å². The molecule has 0 unspecified atom stereocenters. The van der Waals surface area contributed by atoms with Crippen molar-refractivity contribution >= 4 is 21.9 Å². The van der Waals surface area contributed by atoms with E-state index >= 15 is 0 Å². The molecule has 17 heteroatoms. The number of Topliss-reactive ketones (excluding diaryl/α,β-unsaturated/α-hetero) is 1. The van der Waals surface area contributed by atoms with Gasteiger partial charge in [0.15, 0.2) is 10.8 Å². The predicted octanol–water partition coefficient (Wildman–Crippen LogP) is 5.87. The summed E-state index contributed by atoms with van der Waals surface area (Å²) in [7, 11) is -3.24. The Morgan fingerprint density at radius 2 is 1.81 bits per heavy atom. The summed E-state index contributed by atoms with van der Waals surface area (Å²) in [5.41, 5.74) is -0.931. The minimum Gasteiger partial charge on any atom is -0.291 e. The number of alkyl halides is 6. The van der Waals surface area contributed by atoms with Crippen molar-refractivity contribution in [2.75, 3.05) is 7.05 Å². The molecule has 2 aliphatic rings. The molecule has 2 atom stereocenters. The Labute approximate surface area is 263 Å². The van der Waals surface area contributed by atoms with Crippen LogP contribution in [0.15, 0.2) is 71.7 Å². The maximum atomic E-state index is 14.4. The van der Waals surface area contributed by atoms with Gasteiger partial charge in [0, 0.05) is 25.5 Å². The number of nitrogens with zero attached hydrogens (tertiary/aromatic N) is 6. The summed E-state index contributed by atoms with van der Waals surface area (Å²) in [6.07, 6.45) is -4.36. The summed E-state index contributed by atoms with van der Waals surface area (Å²) < 4.78 is 123. The molecule has 248 valence electrons. The van der Waals surface area contributed by atoms with Gasteiger partial charge in [-0.15, -0.1) is 0 Å². The molecule has 0 saturated heterocycles. The molecule has 9 nitrogen and oxygen atoms in total.